The Hall–Kier alpha value is -1.47. The van der Waals surface area contributed by atoms with Crippen LogP contribution in [0.1, 0.15) is 56.3 Å². The van der Waals surface area contributed by atoms with Crippen molar-refractivity contribution in [1.29, 1.82) is 0 Å². The number of carbonyl (C=O) groups is 1. The molecule has 1 amide bonds. The van der Waals surface area contributed by atoms with Gasteiger partial charge in [0.15, 0.2) is 5.82 Å². The van der Waals surface area contributed by atoms with Crippen LogP contribution < -0.4 is 0 Å². The fourth-order valence-electron chi connectivity index (χ4n) is 3.60. The van der Waals surface area contributed by atoms with E-state index >= 15 is 0 Å². The molecule has 2 saturated heterocycles. The maximum Gasteiger partial charge on any atom is 0.249 e. The number of methoxy groups -OCH3 is 1. The maximum absolute atomic E-state index is 12.8. The molecule has 1 atom stereocenters. The van der Waals surface area contributed by atoms with Crippen LogP contribution in [0.4, 0.5) is 0 Å². The summed E-state index contributed by atoms with van der Waals surface area (Å²) in [5.41, 5.74) is 0. The second-order valence-corrected chi connectivity index (χ2v) is 6.73. The van der Waals surface area contributed by atoms with Gasteiger partial charge < -0.3 is 14.2 Å². The minimum absolute atomic E-state index is 0.0618. The molecule has 0 radical (unpaired) electrons. The molecule has 2 aliphatic rings. The fourth-order valence-corrected chi connectivity index (χ4v) is 3.60. The van der Waals surface area contributed by atoms with Crippen molar-refractivity contribution in [3.8, 4) is 0 Å². The normalized spacial score (nSPS) is 22.7. The third-order valence-electron chi connectivity index (χ3n) is 4.93. The molecule has 0 aliphatic carbocycles. The molecule has 0 unspecified atom stereocenters. The molecule has 3 heterocycles. The lowest BCUT2D eigenvalue weighted by molar-refractivity contribution is -0.133. The van der Waals surface area contributed by atoms with Gasteiger partial charge in [0.1, 0.15) is 6.04 Å². The zero-order valence-corrected chi connectivity index (χ0v) is 14.6. The van der Waals surface area contributed by atoms with E-state index in [9.17, 15) is 4.79 Å². The summed E-state index contributed by atoms with van der Waals surface area (Å²) in [7, 11) is 1.65. The SMILES string of the molecule is COCCc1noc([C@H]2CCCN2C(=O)CN2CCCCCC2)n1. The number of carbonyl (C=O) groups excluding carboxylic acids is 1. The molecule has 2 aliphatic heterocycles. The molecule has 7 heteroatoms. The quantitative estimate of drug-likeness (QED) is 0.789. The van der Waals surface area contributed by atoms with Crippen molar-refractivity contribution in [1.82, 2.24) is 19.9 Å². The Morgan fingerprint density at radius 1 is 1.21 bits per heavy atom. The van der Waals surface area contributed by atoms with E-state index in [-0.39, 0.29) is 11.9 Å². The largest absolute Gasteiger partial charge is 0.384 e. The van der Waals surface area contributed by atoms with E-state index in [1.807, 2.05) is 4.90 Å². The molecule has 0 spiro atoms. The van der Waals surface area contributed by atoms with Crippen LogP contribution in [0.25, 0.3) is 0 Å². The van der Waals surface area contributed by atoms with Crippen molar-refractivity contribution < 1.29 is 14.1 Å². The minimum atomic E-state index is -0.0618. The molecule has 7 nitrogen and oxygen atoms in total. The van der Waals surface area contributed by atoms with Crippen molar-refractivity contribution in [3.05, 3.63) is 11.7 Å². The van der Waals surface area contributed by atoms with Crippen molar-refractivity contribution in [2.24, 2.45) is 0 Å². The number of nitrogens with zero attached hydrogens (tertiary/aromatic N) is 4. The van der Waals surface area contributed by atoms with E-state index in [4.69, 9.17) is 9.26 Å². The van der Waals surface area contributed by atoms with Crippen molar-refractivity contribution in [2.75, 3.05) is 39.9 Å². The van der Waals surface area contributed by atoms with E-state index in [1.54, 1.807) is 7.11 Å². The third kappa shape index (κ3) is 4.33. The van der Waals surface area contributed by atoms with Crippen LogP contribution >= 0.6 is 0 Å². The zero-order chi connectivity index (χ0) is 16.8. The molecule has 3 rings (SSSR count). The summed E-state index contributed by atoms with van der Waals surface area (Å²) < 4.78 is 10.5. The average Bonchev–Trinajstić information content (AvgIpc) is 3.18. The number of likely N-dealkylation sites (tertiary alicyclic amines) is 2. The molecule has 1 aromatic rings. The van der Waals surface area contributed by atoms with Gasteiger partial charge in [-0.3, -0.25) is 9.69 Å². The Bertz CT molecular complexity index is 526. The second kappa shape index (κ2) is 8.58. The van der Waals surface area contributed by atoms with Crippen molar-refractivity contribution >= 4 is 5.91 Å². The lowest BCUT2D eigenvalue weighted by Crippen LogP contribution is -2.40. The summed E-state index contributed by atoms with van der Waals surface area (Å²) in [4.78, 5) is 21.4. The summed E-state index contributed by atoms with van der Waals surface area (Å²) in [5, 5.41) is 4.01. The van der Waals surface area contributed by atoms with Crippen LogP contribution in [0.3, 0.4) is 0 Å². The molecule has 0 bridgehead atoms. The summed E-state index contributed by atoms with van der Waals surface area (Å²) in [6.07, 6.45) is 7.48. The van der Waals surface area contributed by atoms with Crippen LogP contribution in [-0.4, -0.2) is 65.7 Å². The third-order valence-corrected chi connectivity index (χ3v) is 4.93. The summed E-state index contributed by atoms with van der Waals surface area (Å²) in [6, 6.07) is -0.0618. The molecule has 0 aromatic carbocycles. The van der Waals surface area contributed by atoms with Gasteiger partial charge in [-0.05, 0) is 38.8 Å². The number of rotatable bonds is 6. The first-order chi connectivity index (χ1) is 11.8. The Balaban J connectivity index is 1.59. The highest BCUT2D eigenvalue weighted by Crippen LogP contribution is 2.31. The monoisotopic (exact) mass is 336 g/mol. The topological polar surface area (TPSA) is 71.7 Å². The van der Waals surface area contributed by atoms with E-state index in [0.29, 0.717) is 31.3 Å². The Labute approximate surface area is 143 Å². The van der Waals surface area contributed by atoms with Gasteiger partial charge in [-0.25, -0.2) is 0 Å². The predicted octanol–water partition coefficient (Wildman–Crippen LogP) is 1.80. The van der Waals surface area contributed by atoms with Crippen LogP contribution in [0, 0.1) is 0 Å². The summed E-state index contributed by atoms with van der Waals surface area (Å²) in [5.74, 6) is 1.41. The van der Waals surface area contributed by atoms with Gasteiger partial charge in [0.2, 0.25) is 11.8 Å². The Morgan fingerprint density at radius 3 is 2.75 bits per heavy atom. The maximum atomic E-state index is 12.8. The van der Waals surface area contributed by atoms with E-state index < -0.39 is 0 Å². The highest BCUT2D eigenvalue weighted by molar-refractivity contribution is 5.79. The van der Waals surface area contributed by atoms with E-state index in [0.717, 1.165) is 32.5 Å². The van der Waals surface area contributed by atoms with Crippen LogP contribution in [0.5, 0.6) is 0 Å². The van der Waals surface area contributed by atoms with Gasteiger partial charge in [-0.1, -0.05) is 18.0 Å². The molecule has 1 aromatic heterocycles. The standard InChI is InChI=1S/C17H28N4O3/c1-23-12-8-15-18-17(24-19-15)14-7-6-11-21(14)16(22)13-20-9-4-2-3-5-10-20/h14H,2-13H2,1H3/t14-/m1/s1. The zero-order valence-electron chi connectivity index (χ0n) is 14.6. The average molecular weight is 336 g/mol. The van der Waals surface area contributed by atoms with Crippen LogP contribution in [0.15, 0.2) is 4.52 Å². The first-order valence-electron chi connectivity index (χ1n) is 9.11. The fraction of sp³-hybridized carbons (Fsp3) is 0.824. The molecular weight excluding hydrogens is 308 g/mol. The van der Waals surface area contributed by atoms with Gasteiger partial charge in [0, 0.05) is 20.1 Å². The number of aromatic nitrogens is 2. The summed E-state index contributed by atoms with van der Waals surface area (Å²) in [6.45, 7) is 3.94. The summed E-state index contributed by atoms with van der Waals surface area (Å²) >= 11 is 0. The van der Waals surface area contributed by atoms with Gasteiger partial charge >= 0.3 is 0 Å². The van der Waals surface area contributed by atoms with Crippen LogP contribution in [-0.2, 0) is 16.0 Å². The van der Waals surface area contributed by atoms with Gasteiger partial charge in [0.05, 0.1) is 13.2 Å². The number of hydrogen-bond acceptors (Lipinski definition) is 6. The number of ether oxygens (including phenoxy) is 1. The minimum Gasteiger partial charge on any atom is -0.384 e. The second-order valence-electron chi connectivity index (χ2n) is 6.73. The van der Waals surface area contributed by atoms with Crippen molar-refractivity contribution in [3.63, 3.8) is 0 Å². The predicted molar refractivity (Wildman–Crippen MR) is 88.5 cm³/mol. The smallest absolute Gasteiger partial charge is 0.249 e. The number of hydrogen-bond donors (Lipinski definition) is 0. The van der Waals surface area contributed by atoms with Gasteiger partial charge in [-0.15, -0.1) is 0 Å². The molecule has 2 fully saturated rings. The molecular formula is C17H28N4O3. The molecule has 0 saturated carbocycles. The number of amides is 1. The highest BCUT2D eigenvalue weighted by Gasteiger charge is 2.34. The first kappa shape index (κ1) is 17.4. The Morgan fingerprint density at radius 2 is 2.00 bits per heavy atom. The lowest BCUT2D eigenvalue weighted by Gasteiger charge is -2.26. The van der Waals surface area contributed by atoms with Crippen molar-refractivity contribution in [2.45, 2.75) is 51.0 Å². The van der Waals surface area contributed by atoms with Crippen LogP contribution in [0.2, 0.25) is 0 Å². The molecule has 24 heavy (non-hydrogen) atoms. The Kier molecular flexibility index (Phi) is 6.20. The van der Waals surface area contributed by atoms with E-state index in [2.05, 4.69) is 15.0 Å². The lowest BCUT2D eigenvalue weighted by atomic mass is 10.2. The highest BCUT2D eigenvalue weighted by atomic mass is 16.5. The van der Waals surface area contributed by atoms with Gasteiger partial charge in [0.25, 0.3) is 0 Å². The molecule has 134 valence electrons. The van der Waals surface area contributed by atoms with E-state index in [1.165, 1.54) is 25.7 Å². The first-order valence-corrected chi connectivity index (χ1v) is 9.11. The molecule has 0 N–H and O–H groups in total. The van der Waals surface area contributed by atoms with Gasteiger partial charge in [-0.2, -0.15) is 4.98 Å².